The monoisotopic (exact) mass is 333 g/mol. The van der Waals surface area contributed by atoms with Crippen LogP contribution in [0.3, 0.4) is 0 Å². The second-order valence-electron chi connectivity index (χ2n) is 4.95. The number of piperidine rings is 1. The first-order valence-corrected chi connectivity index (χ1v) is 7.10. The number of likely N-dealkylation sites (tertiary alicyclic amines) is 1. The summed E-state index contributed by atoms with van der Waals surface area (Å²) in [7, 11) is 0. The summed E-state index contributed by atoms with van der Waals surface area (Å²) in [5.74, 6) is 0.318. The number of nitrogens with zero attached hydrogens (tertiary/aromatic N) is 1. The van der Waals surface area contributed by atoms with E-state index in [0.29, 0.717) is 12.4 Å². The Balaban J connectivity index is 0.00000200. The van der Waals surface area contributed by atoms with Crippen molar-refractivity contribution in [1.82, 2.24) is 10.4 Å². The van der Waals surface area contributed by atoms with E-state index in [1.165, 1.54) is 32.4 Å². The summed E-state index contributed by atoms with van der Waals surface area (Å²) in [6.07, 6.45) is 5.05. The number of benzene rings is 1. The zero-order valence-electron chi connectivity index (χ0n) is 12.2. The van der Waals surface area contributed by atoms with E-state index in [0.717, 1.165) is 18.5 Å². The maximum absolute atomic E-state index is 7.81. The van der Waals surface area contributed by atoms with E-state index in [9.17, 15) is 0 Å². The topological polar surface area (TPSA) is 48.4 Å². The minimum absolute atomic E-state index is 0. The first-order chi connectivity index (χ1) is 9.36. The molecule has 0 bridgehead atoms. The number of halogens is 2. The molecule has 2 rings (SSSR count). The zero-order valence-corrected chi connectivity index (χ0v) is 13.8. The average Bonchev–Trinajstić information content (AvgIpc) is 2.49. The van der Waals surface area contributed by atoms with E-state index in [2.05, 4.69) is 10.4 Å². The third-order valence-electron chi connectivity index (χ3n) is 3.41. The highest BCUT2D eigenvalue weighted by Gasteiger charge is 2.08. The van der Waals surface area contributed by atoms with Crippen LogP contribution in [0.1, 0.15) is 31.2 Å². The number of nitrogens with one attached hydrogen (secondary N) is 2. The minimum atomic E-state index is 0. The van der Waals surface area contributed by atoms with Crippen molar-refractivity contribution in [3.63, 3.8) is 0 Å². The smallest absolute Gasteiger partial charge is 0.149 e. The van der Waals surface area contributed by atoms with Crippen LogP contribution in [-0.2, 0) is 4.84 Å². The first-order valence-electron chi connectivity index (χ1n) is 7.10. The third kappa shape index (κ3) is 7.67. The molecule has 0 saturated carbocycles. The molecule has 0 atom stereocenters. The summed E-state index contributed by atoms with van der Waals surface area (Å²) >= 11 is 0. The number of amidine groups is 1. The molecule has 1 aliphatic rings. The quantitative estimate of drug-likeness (QED) is 0.363. The van der Waals surface area contributed by atoms with Gasteiger partial charge in [-0.15, -0.1) is 24.8 Å². The third-order valence-corrected chi connectivity index (χ3v) is 3.41. The highest BCUT2D eigenvalue weighted by molar-refractivity contribution is 5.95. The van der Waals surface area contributed by atoms with Gasteiger partial charge in [0.1, 0.15) is 5.84 Å². The number of hydroxylamine groups is 1. The molecule has 1 aromatic carbocycles. The van der Waals surface area contributed by atoms with Gasteiger partial charge in [0.05, 0.1) is 6.61 Å². The molecule has 21 heavy (non-hydrogen) atoms. The zero-order chi connectivity index (χ0) is 13.3. The summed E-state index contributed by atoms with van der Waals surface area (Å²) in [4.78, 5) is 7.84. The van der Waals surface area contributed by atoms with Gasteiger partial charge in [0.15, 0.2) is 0 Å². The van der Waals surface area contributed by atoms with Crippen LogP contribution in [0.25, 0.3) is 0 Å². The van der Waals surface area contributed by atoms with Crippen LogP contribution in [0.4, 0.5) is 0 Å². The maximum Gasteiger partial charge on any atom is 0.149 e. The Morgan fingerprint density at radius 3 is 2.43 bits per heavy atom. The molecule has 0 radical (unpaired) electrons. The van der Waals surface area contributed by atoms with Crippen LogP contribution < -0.4 is 5.48 Å². The summed E-state index contributed by atoms with van der Waals surface area (Å²) in [6, 6.07) is 9.57. The largest absolute Gasteiger partial charge is 0.303 e. The van der Waals surface area contributed by atoms with Gasteiger partial charge in [-0.3, -0.25) is 10.2 Å². The SMILES string of the molecule is Cl.Cl.N=C(NOCCCN1CCCCC1)c1ccccc1. The van der Waals surface area contributed by atoms with E-state index in [1.807, 2.05) is 30.3 Å². The highest BCUT2D eigenvalue weighted by atomic mass is 35.5. The lowest BCUT2D eigenvalue weighted by molar-refractivity contribution is 0.0739. The van der Waals surface area contributed by atoms with Gasteiger partial charge in [0.25, 0.3) is 0 Å². The normalized spacial score (nSPS) is 14.7. The fraction of sp³-hybridized carbons (Fsp3) is 0.533. The van der Waals surface area contributed by atoms with Crippen LogP contribution in [0, 0.1) is 5.41 Å². The predicted octanol–water partition coefficient (Wildman–Crippen LogP) is 3.25. The summed E-state index contributed by atoms with van der Waals surface area (Å²) in [5, 5.41) is 7.81. The fourth-order valence-electron chi connectivity index (χ4n) is 2.33. The van der Waals surface area contributed by atoms with Gasteiger partial charge in [-0.05, 0) is 32.4 Å². The van der Waals surface area contributed by atoms with Crippen molar-refractivity contribution in [2.45, 2.75) is 25.7 Å². The first kappa shape index (κ1) is 20.2. The van der Waals surface area contributed by atoms with E-state index in [1.54, 1.807) is 0 Å². The van der Waals surface area contributed by atoms with Crippen LogP contribution in [0.15, 0.2) is 30.3 Å². The Kier molecular flexibility index (Phi) is 11.4. The minimum Gasteiger partial charge on any atom is -0.303 e. The molecular formula is C15H25Cl2N3O. The van der Waals surface area contributed by atoms with Crippen molar-refractivity contribution >= 4 is 30.6 Å². The summed E-state index contributed by atoms with van der Waals surface area (Å²) in [6.45, 7) is 4.20. The molecular weight excluding hydrogens is 309 g/mol. The lowest BCUT2D eigenvalue weighted by atomic mass is 10.1. The molecule has 0 aliphatic carbocycles. The van der Waals surface area contributed by atoms with Gasteiger partial charge in [0.2, 0.25) is 0 Å². The summed E-state index contributed by atoms with van der Waals surface area (Å²) in [5.41, 5.74) is 3.55. The van der Waals surface area contributed by atoms with Crippen molar-refractivity contribution in [2.24, 2.45) is 0 Å². The lowest BCUT2D eigenvalue weighted by Crippen LogP contribution is -2.32. The molecule has 0 amide bonds. The Bertz CT molecular complexity index is 384. The van der Waals surface area contributed by atoms with Crippen molar-refractivity contribution in [1.29, 1.82) is 5.41 Å². The predicted molar refractivity (Wildman–Crippen MR) is 91.8 cm³/mol. The van der Waals surface area contributed by atoms with Crippen molar-refractivity contribution in [3.05, 3.63) is 35.9 Å². The Hall–Kier alpha value is -0.810. The van der Waals surface area contributed by atoms with Gasteiger partial charge in [-0.2, -0.15) is 0 Å². The van der Waals surface area contributed by atoms with Crippen LogP contribution in [0.5, 0.6) is 0 Å². The standard InChI is InChI=1S/C15H23N3O.2ClH/c16-15(14-8-3-1-4-9-14)17-19-13-7-12-18-10-5-2-6-11-18;;/h1,3-4,8-9H,2,5-7,10-13H2,(H2,16,17);2*1H. The molecule has 1 heterocycles. The van der Waals surface area contributed by atoms with Gasteiger partial charge in [-0.25, -0.2) is 5.48 Å². The molecule has 6 heteroatoms. The van der Waals surface area contributed by atoms with Crippen molar-refractivity contribution < 1.29 is 4.84 Å². The molecule has 0 spiro atoms. The Labute approximate surface area is 139 Å². The average molecular weight is 334 g/mol. The Morgan fingerprint density at radius 1 is 1.10 bits per heavy atom. The second kappa shape index (κ2) is 11.8. The molecule has 1 aromatic rings. The molecule has 2 N–H and O–H groups in total. The highest BCUT2D eigenvalue weighted by Crippen LogP contribution is 2.08. The fourth-order valence-corrected chi connectivity index (χ4v) is 2.33. The van der Waals surface area contributed by atoms with E-state index in [-0.39, 0.29) is 24.8 Å². The lowest BCUT2D eigenvalue weighted by Gasteiger charge is -2.26. The van der Waals surface area contributed by atoms with Crippen LogP contribution in [-0.4, -0.2) is 37.0 Å². The van der Waals surface area contributed by atoms with E-state index < -0.39 is 0 Å². The van der Waals surface area contributed by atoms with E-state index in [4.69, 9.17) is 10.2 Å². The van der Waals surface area contributed by atoms with Crippen LogP contribution in [0.2, 0.25) is 0 Å². The van der Waals surface area contributed by atoms with Gasteiger partial charge in [-0.1, -0.05) is 36.8 Å². The van der Waals surface area contributed by atoms with Crippen molar-refractivity contribution in [2.75, 3.05) is 26.2 Å². The Morgan fingerprint density at radius 2 is 1.76 bits per heavy atom. The van der Waals surface area contributed by atoms with Crippen LogP contribution >= 0.6 is 24.8 Å². The van der Waals surface area contributed by atoms with Gasteiger partial charge >= 0.3 is 0 Å². The van der Waals surface area contributed by atoms with Gasteiger partial charge < -0.3 is 4.90 Å². The number of hydrogen-bond acceptors (Lipinski definition) is 3. The molecule has 1 saturated heterocycles. The van der Waals surface area contributed by atoms with E-state index >= 15 is 0 Å². The molecule has 0 unspecified atom stereocenters. The molecule has 4 nitrogen and oxygen atoms in total. The molecule has 1 aliphatic heterocycles. The number of hydrogen-bond donors (Lipinski definition) is 2. The summed E-state index contributed by atoms with van der Waals surface area (Å²) < 4.78 is 0. The second-order valence-corrected chi connectivity index (χ2v) is 4.95. The molecule has 1 fully saturated rings. The maximum atomic E-state index is 7.81. The van der Waals surface area contributed by atoms with Crippen molar-refractivity contribution in [3.8, 4) is 0 Å². The van der Waals surface area contributed by atoms with Gasteiger partial charge in [0, 0.05) is 12.1 Å². The molecule has 0 aromatic heterocycles. The number of rotatable bonds is 6. The molecule has 120 valence electrons.